The predicted molar refractivity (Wildman–Crippen MR) is 101 cm³/mol. The van der Waals surface area contributed by atoms with Crippen molar-refractivity contribution in [3.05, 3.63) is 47.8 Å². The maximum absolute atomic E-state index is 12.9. The Morgan fingerprint density at radius 1 is 1.14 bits per heavy atom. The van der Waals surface area contributed by atoms with Crippen LogP contribution in [0.1, 0.15) is 37.8 Å². The number of amides is 3. The van der Waals surface area contributed by atoms with E-state index in [0.717, 1.165) is 4.90 Å². The van der Waals surface area contributed by atoms with E-state index in [1.165, 1.54) is 12.1 Å². The highest BCUT2D eigenvalue weighted by Crippen LogP contribution is 2.34. The number of benzene rings is 1. The molecule has 1 aliphatic carbocycles. The molecule has 0 aromatic heterocycles. The summed E-state index contributed by atoms with van der Waals surface area (Å²) in [5.74, 6) is -2.69. The van der Waals surface area contributed by atoms with Crippen LogP contribution in [0, 0.1) is 17.7 Å². The van der Waals surface area contributed by atoms with Crippen LogP contribution in [-0.4, -0.2) is 41.7 Å². The highest BCUT2D eigenvalue weighted by atomic mass is 19.1. The van der Waals surface area contributed by atoms with Gasteiger partial charge in [0.15, 0.2) is 6.61 Å². The molecule has 0 unspecified atom stereocenters. The minimum absolute atomic E-state index is 0.0445. The van der Waals surface area contributed by atoms with Crippen LogP contribution in [0.15, 0.2) is 36.4 Å². The molecular formula is C21H23FN2O5. The molecule has 3 atom stereocenters. The van der Waals surface area contributed by atoms with E-state index in [-0.39, 0.29) is 48.5 Å². The summed E-state index contributed by atoms with van der Waals surface area (Å²) in [5, 5.41) is 2.65. The average molecular weight is 402 g/mol. The monoisotopic (exact) mass is 402 g/mol. The van der Waals surface area contributed by atoms with Crippen molar-refractivity contribution in [2.45, 2.75) is 32.2 Å². The highest BCUT2D eigenvalue weighted by Gasteiger charge is 2.46. The van der Waals surface area contributed by atoms with E-state index in [1.54, 1.807) is 19.1 Å². The molecule has 3 amide bonds. The van der Waals surface area contributed by atoms with E-state index in [4.69, 9.17) is 4.74 Å². The van der Waals surface area contributed by atoms with Gasteiger partial charge in [-0.3, -0.25) is 24.1 Å². The summed E-state index contributed by atoms with van der Waals surface area (Å²) in [5.41, 5.74) is 0.716. The molecule has 1 aromatic carbocycles. The van der Waals surface area contributed by atoms with E-state index in [2.05, 4.69) is 5.32 Å². The first-order valence-electron chi connectivity index (χ1n) is 9.57. The van der Waals surface area contributed by atoms with Crippen LogP contribution in [0.2, 0.25) is 0 Å². The molecule has 3 rings (SSSR count). The van der Waals surface area contributed by atoms with Crippen molar-refractivity contribution in [2.24, 2.45) is 11.8 Å². The Bertz CT molecular complexity index is 810. The molecule has 0 bridgehead atoms. The second kappa shape index (κ2) is 8.98. The quantitative estimate of drug-likeness (QED) is 0.427. The minimum Gasteiger partial charge on any atom is -0.456 e. The van der Waals surface area contributed by atoms with Gasteiger partial charge in [0.1, 0.15) is 5.82 Å². The average Bonchev–Trinajstić information content (AvgIpc) is 2.95. The minimum atomic E-state index is -0.664. The largest absolute Gasteiger partial charge is 0.456 e. The van der Waals surface area contributed by atoms with Crippen molar-refractivity contribution in [3.8, 4) is 0 Å². The van der Waals surface area contributed by atoms with Gasteiger partial charge in [-0.2, -0.15) is 0 Å². The van der Waals surface area contributed by atoms with Crippen LogP contribution in [0.3, 0.4) is 0 Å². The van der Waals surface area contributed by atoms with Gasteiger partial charge in [0.25, 0.3) is 5.91 Å². The lowest BCUT2D eigenvalue weighted by Crippen LogP contribution is -2.34. The van der Waals surface area contributed by atoms with E-state index >= 15 is 0 Å². The molecule has 154 valence electrons. The van der Waals surface area contributed by atoms with E-state index in [0.29, 0.717) is 18.4 Å². The lowest BCUT2D eigenvalue weighted by molar-refractivity contribution is -0.150. The molecule has 1 heterocycles. The Morgan fingerprint density at radius 3 is 2.31 bits per heavy atom. The third-order valence-electron chi connectivity index (χ3n) is 5.25. The number of imide groups is 1. The first-order chi connectivity index (χ1) is 13.9. The molecule has 2 aliphatic rings. The number of halogens is 1. The molecule has 7 nitrogen and oxygen atoms in total. The Morgan fingerprint density at radius 2 is 1.72 bits per heavy atom. The smallest absolute Gasteiger partial charge is 0.308 e. The van der Waals surface area contributed by atoms with Gasteiger partial charge in [0, 0.05) is 6.54 Å². The molecule has 8 heteroatoms. The maximum Gasteiger partial charge on any atom is 0.308 e. The number of likely N-dealkylation sites (tertiary alicyclic amines) is 1. The van der Waals surface area contributed by atoms with Gasteiger partial charge in [-0.1, -0.05) is 24.3 Å². The van der Waals surface area contributed by atoms with Crippen molar-refractivity contribution >= 4 is 23.7 Å². The number of fused-ring (bicyclic) bond motifs is 1. The normalized spacial score (nSPS) is 21.7. The van der Waals surface area contributed by atoms with E-state index in [9.17, 15) is 23.6 Å². The van der Waals surface area contributed by atoms with Crippen molar-refractivity contribution in [1.29, 1.82) is 0 Å². The van der Waals surface area contributed by atoms with Gasteiger partial charge in [-0.05, 0) is 37.5 Å². The standard InChI is InChI=1S/C21H23FN2O5/c1-13(14-6-8-15(22)9-7-14)23-18(25)12-29-19(26)10-11-24-20(27)16-4-2-3-5-17(16)21(24)28/h2-3,6-9,13,16-17H,4-5,10-12H2,1H3,(H,23,25)/t13-,16-,17+/m1/s1. The first kappa shape index (κ1) is 20.7. The Kier molecular flexibility index (Phi) is 6.41. The van der Waals surface area contributed by atoms with Crippen LogP contribution < -0.4 is 5.32 Å². The summed E-state index contributed by atoms with van der Waals surface area (Å²) >= 11 is 0. The van der Waals surface area contributed by atoms with E-state index in [1.807, 2.05) is 12.2 Å². The van der Waals surface area contributed by atoms with Gasteiger partial charge in [0.2, 0.25) is 11.8 Å². The summed E-state index contributed by atoms with van der Waals surface area (Å²) < 4.78 is 17.9. The van der Waals surface area contributed by atoms with Crippen molar-refractivity contribution in [3.63, 3.8) is 0 Å². The fourth-order valence-corrected chi connectivity index (χ4v) is 3.63. The van der Waals surface area contributed by atoms with Crippen LogP contribution in [0.25, 0.3) is 0 Å². The number of carbonyl (C=O) groups is 4. The zero-order valence-corrected chi connectivity index (χ0v) is 16.1. The second-order valence-electron chi connectivity index (χ2n) is 7.24. The summed E-state index contributed by atoms with van der Waals surface area (Å²) in [6.45, 7) is 1.21. The lowest BCUT2D eigenvalue weighted by atomic mass is 9.85. The predicted octanol–water partition coefficient (Wildman–Crippen LogP) is 1.89. The number of esters is 1. The Balaban J connectivity index is 1.41. The highest BCUT2D eigenvalue weighted by molar-refractivity contribution is 6.05. The number of nitrogens with zero attached hydrogens (tertiary/aromatic N) is 1. The molecule has 0 saturated carbocycles. The van der Waals surface area contributed by atoms with Gasteiger partial charge in [-0.15, -0.1) is 0 Å². The van der Waals surface area contributed by atoms with E-state index < -0.39 is 18.5 Å². The lowest BCUT2D eigenvalue weighted by Gasteiger charge is -2.15. The van der Waals surface area contributed by atoms with Crippen LogP contribution in [0.4, 0.5) is 4.39 Å². The molecule has 1 aromatic rings. The topological polar surface area (TPSA) is 92.8 Å². The fourth-order valence-electron chi connectivity index (χ4n) is 3.63. The fraction of sp³-hybridized carbons (Fsp3) is 0.429. The second-order valence-corrected chi connectivity index (χ2v) is 7.24. The molecule has 1 saturated heterocycles. The molecule has 0 radical (unpaired) electrons. The number of ether oxygens (including phenoxy) is 1. The molecule has 0 spiro atoms. The first-order valence-corrected chi connectivity index (χ1v) is 9.57. The zero-order chi connectivity index (χ0) is 21.0. The van der Waals surface area contributed by atoms with Gasteiger partial charge >= 0.3 is 5.97 Å². The number of carbonyl (C=O) groups excluding carboxylic acids is 4. The third kappa shape index (κ3) is 4.88. The number of nitrogens with one attached hydrogen (secondary N) is 1. The third-order valence-corrected chi connectivity index (χ3v) is 5.25. The summed E-state index contributed by atoms with van der Waals surface area (Å²) in [4.78, 5) is 49.7. The van der Waals surface area contributed by atoms with Gasteiger partial charge in [-0.25, -0.2) is 4.39 Å². The SMILES string of the molecule is C[C@@H](NC(=O)COC(=O)CCN1C(=O)[C@H]2CC=CC[C@H]2C1=O)c1ccc(F)cc1. The maximum atomic E-state index is 12.9. The number of hydrogen-bond donors (Lipinski definition) is 1. The van der Waals surface area contributed by atoms with Crippen molar-refractivity contribution in [1.82, 2.24) is 10.2 Å². The number of allylic oxidation sites excluding steroid dienone is 2. The van der Waals surface area contributed by atoms with Crippen LogP contribution in [0.5, 0.6) is 0 Å². The molecule has 1 aliphatic heterocycles. The Labute approximate surface area is 167 Å². The van der Waals surface area contributed by atoms with Gasteiger partial charge in [0.05, 0.1) is 24.3 Å². The summed E-state index contributed by atoms with van der Waals surface area (Å²) in [7, 11) is 0. The van der Waals surface area contributed by atoms with Gasteiger partial charge < -0.3 is 10.1 Å². The van der Waals surface area contributed by atoms with Crippen molar-refractivity contribution < 1.29 is 28.3 Å². The summed E-state index contributed by atoms with van der Waals surface area (Å²) in [6, 6.07) is 5.34. The zero-order valence-electron chi connectivity index (χ0n) is 16.1. The van der Waals surface area contributed by atoms with Crippen molar-refractivity contribution in [2.75, 3.05) is 13.2 Å². The molecule has 1 N–H and O–H groups in total. The molecule has 1 fully saturated rings. The van der Waals surface area contributed by atoms with Crippen LogP contribution in [-0.2, 0) is 23.9 Å². The molecular weight excluding hydrogens is 379 g/mol. The summed E-state index contributed by atoms with van der Waals surface area (Å²) in [6.07, 6.45) is 4.72. The number of rotatable bonds is 7. The number of hydrogen-bond acceptors (Lipinski definition) is 5. The molecule has 29 heavy (non-hydrogen) atoms. The Hall–Kier alpha value is -3.03. The van der Waals surface area contributed by atoms with Crippen LogP contribution >= 0.6 is 0 Å².